The zero-order chi connectivity index (χ0) is 14.4. The minimum Gasteiger partial charge on any atom is -0.128 e. The van der Waals surface area contributed by atoms with Crippen LogP contribution in [0.5, 0.6) is 0 Å². The lowest BCUT2D eigenvalue weighted by Crippen LogP contribution is -2.20. The summed E-state index contributed by atoms with van der Waals surface area (Å²) in [5.41, 5.74) is 0. The lowest BCUT2D eigenvalue weighted by atomic mass is 10.4. The predicted molar refractivity (Wildman–Crippen MR) is 105 cm³/mol. The van der Waals surface area contributed by atoms with Crippen molar-refractivity contribution in [2.75, 3.05) is 0 Å². The first-order valence-corrected chi connectivity index (χ1v) is 10.9. The number of thiophene rings is 2. The Labute approximate surface area is 149 Å². The van der Waals surface area contributed by atoms with Gasteiger partial charge in [-0.05, 0) is 69.4 Å². The van der Waals surface area contributed by atoms with E-state index in [0.717, 1.165) is 0 Å². The highest BCUT2D eigenvalue weighted by atomic mass is 79.9. The summed E-state index contributed by atoms with van der Waals surface area (Å²) in [4.78, 5) is 2.74. The highest BCUT2D eigenvalue weighted by Gasteiger charge is 2.26. The highest BCUT2D eigenvalue weighted by molar-refractivity contribution is 9.11. The van der Waals surface area contributed by atoms with Crippen molar-refractivity contribution in [1.82, 2.24) is 0 Å². The number of rotatable bonds is 1. The summed E-state index contributed by atoms with van der Waals surface area (Å²) >= 11 is 10.9. The third-order valence-corrected chi connectivity index (χ3v) is 9.33. The van der Waals surface area contributed by atoms with E-state index in [9.17, 15) is 0 Å². The zero-order valence-corrected chi connectivity index (χ0v) is 16.4. The van der Waals surface area contributed by atoms with E-state index in [-0.39, 0.29) is 0 Å². The maximum Gasteiger partial charge on any atom is 0.0711 e. The van der Waals surface area contributed by atoms with E-state index in [0.29, 0.717) is 0 Å². The minimum atomic E-state index is -0.485. The second-order valence-electron chi connectivity index (χ2n) is 4.60. The number of hydrogen-bond acceptors (Lipinski definition) is 2. The van der Waals surface area contributed by atoms with Crippen LogP contribution in [0.3, 0.4) is 0 Å². The van der Waals surface area contributed by atoms with Crippen molar-refractivity contribution in [1.29, 1.82) is 0 Å². The fourth-order valence-electron chi connectivity index (χ4n) is 2.46. The quantitative estimate of drug-likeness (QED) is 0.329. The summed E-state index contributed by atoms with van der Waals surface area (Å²) in [6.45, 7) is 0. The second kappa shape index (κ2) is 5.75. The van der Waals surface area contributed by atoms with Gasteiger partial charge in [-0.15, -0.1) is 22.7 Å². The van der Waals surface area contributed by atoms with Crippen LogP contribution in [0, 0.1) is 0 Å². The van der Waals surface area contributed by atoms with Crippen molar-refractivity contribution < 1.29 is 0 Å². The first kappa shape index (κ1) is 14.3. The molecule has 0 N–H and O–H groups in total. The van der Waals surface area contributed by atoms with Gasteiger partial charge in [0, 0.05) is 20.4 Å². The van der Waals surface area contributed by atoms with Gasteiger partial charge in [0.15, 0.2) is 0 Å². The molecule has 1 aromatic carbocycles. The van der Waals surface area contributed by atoms with Crippen molar-refractivity contribution in [3.63, 3.8) is 0 Å². The Morgan fingerprint density at radius 1 is 0.762 bits per heavy atom. The molecule has 0 fully saturated rings. The molecule has 0 bridgehead atoms. The molecule has 0 aliphatic carbocycles. The van der Waals surface area contributed by atoms with E-state index < -0.39 is 7.92 Å². The Hall–Kier alpha value is -0.250. The van der Waals surface area contributed by atoms with Crippen molar-refractivity contribution in [3.05, 3.63) is 59.8 Å². The number of benzene rings is 1. The first-order chi connectivity index (χ1) is 10.2. The molecular formula is C16H9Br2PS2. The van der Waals surface area contributed by atoms with Crippen LogP contribution in [-0.4, -0.2) is 0 Å². The van der Waals surface area contributed by atoms with Gasteiger partial charge in [-0.25, -0.2) is 0 Å². The van der Waals surface area contributed by atoms with Crippen LogP contribution < -0.4 is 15.9 Å². The molecular weight excluding hydrogens is 447 g/mol. The van der Waals surface area contributed by atoms with Gasteiger partial charge in [0.2, 0.25) is 0 Å². The van der Waals surface area contributed by atoms with Crippen LogP contribution >= 0.6 is 62.5 Å². The average Bonchev–Trinajstić information content (AvgIpc) is 2.99. The molecule has 0 saturated heterocycles. The van der Waals surface area contributed by atoms with Gasteiger partial charge < -0.3 is 0 Å². The van der Waals surface area contributed by atoms with Crippen LogP contribution in [0.2, 0.25) is 0 Å². The predicted octanol–water partition coefficient (Wildman–Crippen LogP) is 5.58. The molecule has 0 radical (unpaired) electrons. The highest BCUT2D eigenvalue weighted by Crippen LogP contribution is 2.44. The van der Waals surface area contributed by atoms with E-state index in [2.05, 4.69) is 86.5 Å². The molecule has 5 heteroatoms. The zero-order valence-electron chi connectivity index (χ0n) is 10.7. The van der Waals surface area contributed by atoms with Crippen molar-refractivity contribution in [3.8, 4) is 0 Å². The fraction of sp³-hybridized carbons (Fsp3) is 0. The molecule has 21 heavy (non-hydrogen) atoms. The van der Waals surface area contributed by atoms with Gasteiger partial charge in [0.25, 0.3) is 0 Å². The third kappa shape index (κ3) is 2.62. The molecule has 1 aliphatic heterocycles. The molecule has 0 saturated carbocycles. The maximum absolute atomic E-state index is 3.65. The Kier molecular flexibility index (Phi) is 3.93. The molecule has 2 aromatic heterocycles. The Morgan fingerprint density at radius 3 is 1.81 bits per heavy atom. The first-order valence-electron chi connectivity index (χ1n) is 6.34. The summed E-state index contributed by atoms with van der Waals surface area (Å²) in [5.74, 6) is 0. The Bertz CT molecular complexity index is 783. The molecule has 3 aromatic rings. The van der Waals surface area contributed by atoms with Crippen LogP contribution in [0.15, 0.2) is 50.0 Å². The van der Waals surface area contributed by atoms with Gasteiger partial charge in [0.1, 0.15) is 0 Å². The lowest BCUT2D eigenvalue weighted by Gasteiger charge is -2.17. The van der Waals surface area contributed by atoms with E-state index in [1.165, 1.54) is 33.2 Å². The van der Waals surface area contributed by atoms with E-state index in [1.807, 2.05) is 22.7 Å². The Morgan fingerprint density at radius 2 is 1.29 bits per heavy atom. The smallest absolute Gasteiger partial charge is 0.0711 e. The molecule has 0 spiro atoms. The summed E-state index contributed by atoms with van der Waals surface area (Å²) in [5, 5.41) is 4.32. The average molecular weight is 456 g/mol. The monoisotopic (exact) mass is 454 g/mol. The van der Waals surface area contributed by atoms with Gasteiger partial charge in [-0.3, -0.25) is 0 Å². The molecule has 0 amide bonds. The number of halogens is 2. The molecule has 3 heterocycles. The molecule has 1 aliphatic rings. The fourth-order valence-corrected chi connectivity index (χ4v) is 9.08. The summed E-state index contributed by atoms with van der Waals surface area (Å²) in [6, 6.07) is 15.5. The standard InChI is InChI=1S/C16H9Br2PS2/c17-15-8-11-13(20-15)6-7-14-12(9-16(18)21-14)19(11)10-4-2-1-3-5-10/h1-9H. The minimum absolute atomic E-state index is 0.485. The SMILES string of the molecule is Brc1cc2c(s1)C=Cc1sc(Br)cc1P2c1ccccc1. The van der Waals surface area contributed by atoms with Crippen LogP contribution in [0.1, 0.15) is 9.75 Å². The van der Waals surface area contributed by atoms with Gasteiger partial charge in [0.05, 0.1) is 7.57 Å². The normalized spacial score (nSPS) is 13.8. The van der Waals surface area contributed by atoms with Crippen molar-refractivity contribution in [2.45, 2.75) is 0 Å². The van der Waals surface area contributed by atoms with E-state index >= 15 is 0 Å². The molecule has 0 nitrogen and oxygen atoms in total. The van der Waals surface area contributed by atoms with E-state index in [1.54, 1.807) is 0 Å². The third-order valence-electron chi connectivity index (χ3n) is 3.30. The number of fused-ring (bicyclic) bond motifs is 2. The lowest BCUT2D eigenvalue weighted by molar-refractivity contribution is 1.77. The molecule has 4 rings (SSSR count). The second-order valence-corrected chi connectivity index (χ2v) is 11.7. The molecule has 104 valence electrons. The summed E-state index contributed by atoms with van der Waals surface area (Å²) < 4.78 is 2.41. The van der Waals surface area contributed by atoms with Crippen molar-refractivity contribution >= 4 is 90.5 Å². The van der Waals surface area contributed by atoms with Gasteiger partial charge in [-0.2, -0.15) is 0 Å². The van der Waals surface area contributed by atoms with Crippen LogP contribution in [0.4, 0.5) is 0 Å². The summed E-state index contributed by atoms with van der Waals surface area (Å²) in [7, 11) is -0.485. The Balaban J connectivity index is 2.00. The molecule has 0 unspecified atom stereocenters. The van der Waals surface area contributed by atoms with E-state index in [4.69, 9.17) is 0 Å². The largest absolute Gasteiger partial charge is 0.128 e. The summed E-state index contributed by atoms with van der Waals surface area (Å²) in [6.07, 6.45) is 4.52. The topological polar surface area (TPSA) is 0 Å². The number of hydrogen-bond donors (Lipinski definition) is 0. The van der Waals surface area contributed by atoms with Crippen molar-refractivity contribution in [2.24, 2.45) is 0 Å². The molecule has 0 atom stereocenters. The van der Waals surface area contributed by atoms with Crippen LogP contribution in [0.25, 0.3) is 12.2 Å². The maximum atomic E-state index is 3.65. The van der Waals surface area contributed by atoms with Crippen LogP contribution in [-0.2, 0) is 0 Å². The van der Waals surface area contributed by atoms with Gasteiger partial charge >= 0.3 is 0 Å². The van der Waals surface area contributed by atoms with Gasteiger partial charge in [-0.1, -0.05) is 30.3 Å².